The Kier molecular flexibility index (Phi) is 2.77. The van der Waals surface area contributed by atoms with Crippen molar-refractivity contribution >= 4 is 5.97 Å². The van der Waals surface area contributed by atoms with Gasteiger partial charge in [0, 0.05) is 6.20 Å². The number of ether oxygens (including phenoxy) is 1. The molecule has 0 radical (unpaired) electrons. The molecule has 2 rings (SSSR count). The predicted molar refractivity (Wildman–Crippen MR) is 54.7 cm³/mol. The van der Waals surface area contributed by atoms with Crippen molar-refractivity contribution in [1.82, 2.24) is 4.57 Å². The van der Waals surface area contributed by atoms with E-state index in [4.69, 9.17) is 0 Å². The first kappa shape index (κ1) is 10.2. The first-order valence-corrected chi connectivity index (χ1v) is 5.17. The average Bonchev–Trinajstić information content (AvgIpc) is 2.84. The van der Waals surface area contributed by atoms with Gasteiger partial charge in [-0.1, -0.05) is 0 Å². The third-order valence-electron chi connectivity index (χ3n) is 2.97. The van der Waals surface area contributed by atoms with Crippen LogP contribution in [0.4, 0.5) is 0 Å². The third-order valence-corrected chi connectivity index (χ3v) is 2.97. The number of carbonyl (C=O) groups excluding carboxylic acids is 1. The quantitative estimate of drug-likeness (QED) is 0.748. The molecule has 1 heterocycles. The van der Waals surface area contributed by atoms with Gasteiger partial charge in [0.2, 0.25) is 0 Å². The Morgan fingerprint density at radius 1 is 1.60 bits per heavy atom. The molecule has 2 unspecified atom stereocenters. The van der Waals surface area contributed by atoms with Crippen LogP contribution in [-0.2, 0) is 4.74 Å². The molecule has 0 bridgehead atoms. The first-order chi connectivity index (χ1) is 7.24. The fraction of sp³-hybridized carbons (Fsp3) is 0.545. The second-order valence-corrected chi connectivity index (χ2v) is 3.86. The summed E-state index contributed by atoms with van der Waals surface area (Å²) in [6.45, 7) is 0. The molecule has 0 saturated heterocycles. The van der Waals surface area contributed by atoms with Crippen LogP contribution in [-0.4, -0.2) is 28.9 Å². The molecular formula is C11H15NO3. The van der Waals surface area contributed by atoms with Crippen LogP contribution >= 0.6 is 0 Å². The van der Waals surface area contributed by atoms with Crippen molar-refractivity contribution in [2.24, 2.45) is 0 Å². The van der Waals surface area contributed by atoms with Crippen molar-refractivity contribution in [3.8, 4) is 0 Å². The molecule has 15 heavy (non-hydrogen) atoms. The minimum absolute atomic E-state index is 0.0223. The van der Waals surface area contributed by atoms with Gasteiger partial charge in [-0.3, -0.25) is 0 Å². The Labute approximate surface area is 88.5 Å². The van der Waals surface area contributed by atoms with Crippen molar-refractivity contribution in [1.29, 1.82) is 0 Å². The average molecular weight is 209 g/mol. The maximum absolute atomic E-state index is 11.4. The van der Waals surface area contributed by atoms with Gasteiger partial charge >= 0.3 is 5.97 Å². The van der Waals surface area contributed by atoms with Gasteiger partial charge in [0.25, 0.3) is 0 Å². The van der Waals surface area contributed by atoms with Gasteiger partial charge in [0.05, 0.1) is 19.3 Å². The fourth-order valence-electron chi connectivity index (χ4n) is 2.21. The summed E-state index contributed by atoms with van der Waals surface area (Å²) in [6, 6.07) is 3.54. The van der Waals surface area contributed by atoms with E-state index in [2.05, 4.69) is 4.74 Å². The highest BCUT2D eigenvalue weighted by Crippen LogP contribution is 2.31. The second-order valence-electron chi connectivity index (χ2n) is 3.86. The largest absolute Gasteiger partial charge is 0.464 e. The van der Waals surface area contributed by atoms with Crippen LogP contribution in [0.5, 0.6) is 0 Å². The molecule has 82 valence electrons. The minimum Gasteiger partial charge on any atom is -0.464 e. The molecule has 1 aromatic heterocycles. The molecule has 1 aliphatic carbocycles. The molecule has 0 aliphatic heterocycles. The van der Waals surface area contributed by atoms with E-state index < -0.39 is 0 Å². The molecule has 1 aliphatic rings. The molecule has 0 spiro atoms. The number of nitrogens with zero attached hydrogens (tertiary/aromatic N) is 1. The lowest BCUT2D eigenvalue weighted by atomic mass is 10.2. The van der Waals surface area contributed by atoms with E-state index in [-0.39, 0.29) is 18.1 Å². The van der Waals surface area contributed by atoms with Gasteiger partial charge in [-0.15, -0.1) is 0 Å². The van der Waals surface area contributed by atoms with E-state index in [1.54, 1.807) is 12.1 Å². The van der Waals surface area contributed by atoms with Crippen molar-refractivity contribution in [2.75, 3.05) is 7.11 Å². The predicted octanol–water partition coefficient (Wildman–Crippen LogP) is 1.36. The highest BCUT2D eigenvalue weighted by Gasteiger charge is 2.28. The lowest BCUT2D eigenvalue weighted by Gasteiger charge is -2.18. The van der Waals surface area contributed by atoms with Crippen molar-refractivity contribution in [3.05, 3.63) is 24.0 Å². The normalized spacial score (nSPS) is 25.5. The molecular weight excluding hydrogens is 194 g/mol. The van der Waals surface area contributed by atoms with Crippen LogP contribution in [0.2, 0.25) is 0 Å². The van der Waals surface area contributed by atoms with Crippen LogP contribution < -0.4 is 0 Å². The molecule has 1 fully saturated rings. The molecule has 0 amide bonds. The molecule has 0 aromatic carbocycles. The molecule has 1 saturated carbocycles. The number of hydrogen-bond acceptors (Lipinski definition) is 3. The molecule has 4 nitrogen and oxygen atoms in total. The number of aromatic nitrogens is 1. The van der Waals surface area contributed by atoms with Crippen LogP contribution in [0.25, 0.3) is 0 Å². The number of esters is 1. The number of aliphatic hydroxyl groups is 1. The molecule has 4 heteroatoms. The van der Waals surface area contributed by atoms with Gasteiger partial charge in [-0.2, -0.15) is 0 Å². The number of methoxy groups -OCH3 is 1. The molecule has 1 aromatic rings. The van der Waals surface area contributed by atoms with Crippen LogP contribution in [0.15, 0.2) is 18.3 Å². The van der Waals surface area contributed by atoms with Crippen molar-refractivity contribution in [3.63, 3.8) is 0 Å². The summed E-state index contributed by atoms with van der Waals surface area (Å²) in [4.78, 5) is 11.4. The standard InChI is InChI=1S/C11H15NO3/c1-15-11(14)9-5-3-7-12(9)8-4-2-6-10(8)13/h3,5,7-8,10,13H,2,4,6H2,1H3. The summed E-state index contributed by atoms with van der Waals surface area (Å²) < 4.78 is 6.51. The topological polar surface area (TPSA) is 51.5 Å². The fourth-order valence-corrected chi connectivity index (χ4v) is 2.21. The Morgan fingerprint density at radius 3 is 3.00 bits per heavy atom. The van der Waals surface area contributed by atoms with Crippen LogP contribution in [0.3, 0.4) is 0 Å². The van der Waals surface area contributed by atoms with Crippen molar-refractivity contribution in [2.45, 2.75) is 31.4 Å². The Balaban J connectivity index is 2.28. The third kappa shape index (κ3) is 1.77. The van der Waals surface area contributed by atoms with Gasteiger partial charge in [-0.25, -0.2) is 4.79 Å². The monoisotopic (exact) mass is 209 g/mol. The van der Waals surface area contributed by atoms with E-state index in [0.717, 1.165) is 19.3 Å². The summed E-state index contributed by atoms with van der Waals surface area (Å²) in [6.07, 6.45) is 4.21. The van der Waals surface area contributed by atoms with E-state index in [0.29, 0.717) is 5.69 Å². The molecule has 2 atom stereocenters. The zero-order valence-corrected chi connectivity index (χ0v) is 8.72. The summed E-state index contributed by atoms with van der Waals surface area (Å²) in [5, 5.41) is 9.77. The number of carbonyl (C=O) groups is 1. The summed E-state index contributed by atoms with van der Waals surface area (Å²) in [5.74, 6) is -0.348. The van der Waals surface area contributed by atoms with Crippen molar-refractivity contribution < 1.29 is 14.6 Å². The van der Waals surface area contributed by atoms with Crippen LogP contribution in [0, 0.1) is 0 Å². The smallest absolute Gasteiger partial charge is 0.354 e. The summed E-state index contributed by atoms with van der Waals surface area (Å²) in [5.41, 5.74) is 0.517. The Hall–Kier alpha value is -1.29. The Bertz CT molecular complexity index is 358. The van der Waals surface area contributed by atoms with E-state index in [1.807, 2.05) is 10.8 Å². The lowest BCUT2D eigenvalue weighted by molar-refractivity contribution is 0.0577. The highest BCUT2D eigenvalue weighted by molar-refractivity contribution is 5.87. The number of hydrogen-bond donors (Lipinski definition) is 1. The zero-order chi connectivity index (χ0) is 10.8. The zero-order valence-electron chi connectivity index (χ0n) is 8.72. The van der Waals surface area contributed by atoms with Gasteiger partial charge in [0.15, 0.2) is 0 Å². The Morgan fingerprint density at radius 2 is 2.40 bits per heavy atom. The van der Waals surface area contributed by atoms with Gasteiger partial charge in [-0.05, 0) is 31.4 Å². The number of aliphatic hydroxyl groups excluding tert-OH is 1. The molecule has 1 N–H and O–H groups in total. The van der Waals surface area contributed by atoms with Gasteiger partial charge < -0.3 is 14.4 Å². The SMILES string of the molecule is COC(=O)c1cccn1C1CCCC1O. The van der Waals surface area contributed by atoms with Gasteiger partial charge in [0.1, 0.15) is 5.69 Å². The first-order valence-electron chi connectivity index (χ1n) is 5.17. The van der Waals surface area contributed by atoms with E-state index in [1.165, 1.54) is 7.11 Å². The maximum atomic E-state index is 11.4. The summed E-state index contributed by atoms with van der Waals surface area (Å²) in [7, 11) is 1.37. The maximum Gasteiger partial charge on any atom is 0.354 e. The number of rotatable bonds is 2. The lowest BCUT2D eigenvalue weighted by Crippen LogP contribution is -2.21. The highest BCUT2D eigenvalue weighted by atomic mass is 16.5. The minimum atomic E-state index is -0.348. The summed E-state index contributed by atoms with van der Waals surface area (Å²) >= 11 is 0. The van der Waals surface area contributed by atoms with E-state index >= 15 is 0 Å². The van der Waals surface area contributed by atoms with E-state index in [9.17, 15) is 9.90 Å². The van der Waals surface area contributed by atoms with Crippen LogP contribution in [0.1, 0.15) is 35.8 Å². The second kappa shape index (κ2) is 4.06.